The van der Waals surface area contributed by atoms with Crippen LogP contribution in [-0.4, -0.2) is 49.6 Å². The first kappa shape index (κ1) is 18.1. The molecule has 0 bridgehead atoms. The lowest BCUT2D eigenvalue weighted by molar-refractivity contribution is -0.133. The molecule has 21 heavy (non-hydrogen) atoms. The number of aliphatic hydroxyl groups is 1. The summed E-state index contributed by atoms with van der Waals surface area (Å²) in [5.74, 6) is -0.187. The number of sulfonamides is 1. The van der Waals surface area contributed by atoms with E-state index in [9.17, 15) is 18.3 Å². The molecule has 1 amide bonds. The van der Waals surface area contributed by atoms with Gasteiger partial charge in [0.2, 0.25) is 15.9 Å². The van der Waals surface area contributed by atoms with Gasteiger partial charge < -0.3 is 10.0 Å². The van der Waals surface area contributed by atoms with Crippen molar-refractivity contribution in [2.75, 3.05) is 19.6 Å². The fourth-order valence-corrected chi connectivity index (χ4v) is 3.85. The number of carbonyl (C=O) groups is 1. The quantitative estimate of drug-likeness (QED) is 0.743. The van der Waals surface area contributed by atoms with E-state index in [1.807, 2.05) is 6.92 Å². The minimum atomic E-state index is -3.53. The van der Waals surface area contributed by atoms with E-state index in [1.165, 1.54) is 11.0 Å². The molecular weight excluding hydrogens is 312 g/mol. The van der Waals surface area contributed by atoms with E-state index in [2.05, 4.69) is 4.72 Å². The summed E-state index contributed by atoms with van der Waals surface area (Å²) >= 11 is 1.13. The highest BCUT2D eigenvalue weighted by atomic mass is 32.2. The Balaban J connectivity index is 2.49. The lowest BCUT2D eigenvalue weighted by Crippen LogP contribution is -2.43. The summed E-state index contributed by atoms with van der Waals surface area (Å²) in [4.78, 5) is 13.5. The summed E-state index contributed by atoms with van der Waals surface area (Å²) in [6.07, 6.45) is 0.0640. The van der Waals surface area contributed by atoms with E-state index >= 15 is 0 Å². The highest BCUT2D eigenvalue weighted by Crippen LogP contribution is 2.15. The van der Waals surface area contributed by atoms with E-state index < -0.39 is 15.6 Å². The number of carbonyl (C=O) groups excluding carboxylic acids is 1. The maximum atomic E-state index is 12.0. The molecule has 0 saturated carbocycles. The standard InChI is InChI=1S/C13H22N2O4S2/c1-4-15(10-13(2,3)17)11(16)7-8-14-21(18,19)12-6-5-9-20-12/h5-6,9,14,17H,4,7-8,10H2,1-3H3. The first-order chi connectivity index (χ1) is 9.65. The average Bonchev–Trinajstić information content (AvgIpc) is 2.89. The molecule has 0 saturated heterocycles. The highest BCUT2D eigenvalue weighted by molar-refractivity contribution is 7.91. The molecule has 6 nitrogen and oxygen atoms in total. The minimum Gasteiger partial charge on any atom is -0.389 e. The highest BCUT2D eigenvalue weighted by Gasteiger charge is 2.21. The average molecular weight is 334 g/mol. The second-order valence-corrected chi connectivity index (χ2v) is 8.24. The van der Waals surface area contributed by atoms with Gasteiger partial charge in [0.15, 0.2) is 0 Å². The van der Waals surface area contributed by atoms with Crippen LogP contribution in [0.4, 0.5) is 0 Å². The Bertz CT molecular complexity index is 547. The Morgan fingerprint density at radius 2 is 2.14 bits per heavy atom. The van der Waals surface area contributed by atoms with Gasteiger partial charge in [-0.1, -0.05) is 6.07 Å². The molecule has 0 aliphatic rings. The molecular formula is C13H22N2O4S2. The Labute approximate surface area is 129 Å². The topological polar surface area (TPSA) is 86.7 Å². The van der Waals surface area contributed by atoms with Crippen molar-refractivity contribution in [1.82, 2.24) is 9.62 Å². The van der Waals surface area contributed by atoms with Crippen LogP contribution in [-0.2, 0) is 14.8 Å². The van der Waals surface area contributed by atoms with Crippen molar-refractivity contribution in [3.05, 3.63) is 17.5 Å². The van der Waals surface area contributed by atoms with Crippen LogP contribution < -0.4 is 4.72 Å². The van der Waals surface area contributed by atoms with E-state index in [4.69, 9.17) is 0 Å². The second kappa shape index (κ2) is 7.35. The number of nitrogens with zero attached hydrogens (tertiary/aromatic N) is 1. The summed E-state index contributed by atoms with van der Waals surface area (Å²) in [5, 5.41) is 11.4. The molecule has 0 unspecified atom stereocenters. The molecule has 1 aromatic heterocycles. The molecule has 0 atom stereocenters. The van der Waals surface area contributed by atoms with Gasteiger partial charge in [-0.05, 0) is 32.2 Å². The third kappa shape index (κ3) is 6.13. The number of likely N-dealkylation sites (N-methyl/N-ethyl adjacent to an activating group) is 1. The van der Waals surface area contributed by atoms with Gasteiger partial charge in [0.05, 0.1) is 5.60 Å². The predicted molar refractivity (Wildman–Crippen MR) is 82.7 cm³/mol. The number of hydrogen-bond donors (Lipinski definition) is 2. The molecule has 1 heterocycles. The molecule has 1 aromatic rings. The fourth-order valence-electron chi connectivity index (χ4n) is 1.78. The number of amides is 1. The minimum absolute atomic E-state index is 0.0431. The Hall–Kier alpha value is -0.960. The van der Waals surface area contributed by atoms with Crippen molar-refractivity contribution < 1.29 is 18.3 Å². The number of nitrogens with one attached hydrogen (secondary N) is 1. The maximum Gasteiger partial charge on any atom is 0.250 e. The predicted octanol–water partition coefficient (Wildman–Crippen LogP) is 1.04. The van der Waals surface area contributed by atoms with Gasteiger partial charge in [-0.25, -0.2) is 13.1 Å². The van der Waals surface area contributed by atoms with Gasteiger partial charge in [-0.3, -0.25) is 4.79 Å². The zero-order valence-electron chi connectivity index (χ0n) is 12.5. The Morgan fingerprint density at radius 3 is 2.62 bits per heavy atom. The molecule has 0 aromatic carbocycles. The third-order valence-electron chi connectivity index (χ3n) is 2.70. The summed E-state index contributed by atoms with van der Waals surface area (Å²) in [7, 11) is -3.53. The molecule has 2 N–H and O–H groups in total. The number of rotatable bonds is 8. The number of hydrogen-bond acceptors (Lipinski definition) is 5. The van der Waals surface area contributed by atoms with Gasteiger partial charge in [0.1, 0.15) is 4.21 Å². The van der Waals surface area contributed by atoms with Crippen LogP contribution in [0.15, 0.2) is 21.7 Å². The van der Waals surface area contributed by atoms with Gasteiger partial charge in [0.25, 0.3) is 0 Å². The molecule has 0 spiro atoms. The van der Waals surface area contributed by atoms with Crippen LogP contribution in [0.5, 0.6) is 0 Å². The van der Waals surface area contributed by atoms with Crippen LogP contribution in [0, 0.1) is 0 Å². The summed E-state index contributed by atoms with van der Waals surface area (Å²) in [6.45, 7) is 5.81. The lowest BCUT2D eigenvalue weighted by Gasteiger charge is -2.28. The van der Waals surface area contributed by atoms with E-state index in [0.717, 1.165) is 11.3 Å². The second-order valence-electron chi connectivity index (χ2n) is 5.30. The van der Waals surface area contributed by atoms with Crippen molar-refractivity contribution in [2.24, 2.45) is 0 Å². The molecule has 0 fully saturated rings. The van der Waals surface area contributed by atoms with Crippen LogP contribution in [0.25, 0.3) is 0 Å². The van der Waals surface area contributed by atoms with Gasteiger partial charge >= 0.3 is 0 Å². The van der Waals surface area contributed by atoms with Crippen LogP contribution in [0.1, 0.15) is 27.2 Å². The molecule has 8 heteroatoms. The van der Waals surface area contributed by atoms with Crippen molar-refractivity contribution in [1.29, 1.82) is 0 Å². The van der Waals surface area contributed by atoms with Gasteiger partial charge in [-0.2, -0.15) is 0 Å². The Morgan fingerprint density at radius 1 is 1.48 bits per heavy atom. The molecule has 0 aliphatic heterocycles. The molecule has 120 valence electrons. The van der Waals surface area contributed by atoms with Gasteiger partial charge in [-0.15, -0.1) is 11.3 Å². The number of thiophene rings is 1. The van der Waals surface area contributed by atoms with Crippen LogP contribution >= 0.6 is 11.3 Å². The first-order valence-corrected chi connectivity index (χ1v) is 9.05. The van der Waals surface area contributed by atoms with Crippen molar-refractivity contribution in [2.45, 2.75) is 37.0 Å². The van der Waals surface area contributed by atoms with Crippen LogP contribution in [0.2, 0.25) is 0 Å². The zero-order valence-corrected chi connectivity index (χ0v) is 14.1. The van der Waals surface area contributed by atoms with Crippen molar-refractivity contribution >= 4 is 27.3 Å². The summed E-state index contributed by atoms with van der Waals surface area (Å²) in [6, 6.07) is 3.17. The van der Waals surface area contributed by atoms with Crippen molar-refractivity contribution in [3.63, 3.8) is 0 Å². The SMILES string of the molecule is CCN(CC(C)(C)O)C(=O)CCNS(=O)(=O)c1cccs1. The van der Waals surface area contributed by atoms with E-state index in [-0.39, 0.29) is 29.6 Å². The lowest BCUT2D eigenvalue weighted by atomic mass is 10.1. The smallest absolute Gasteiger partial charge is 0.250 e. The Kier molecular flexibility index (Phi) is 6.33. The summed E-state index contributed by atoms with van der Waals surface area (Å²) in [5.41, 5.74) is -0.970. The normalized spacial score (nSPS) is 12.4. The third-order valence-corrected chi connectivity index (χ3v) is 5.56. The fraction of sp³-hybridized carbons (Fsp3) is 0.615. The van der Waals surface area contributed by atoms with Crippen LogP contribution in [0.3, 0.4) is 0 Å². The summed E-state index contributed by atoms with van der Waals surface area (Å²) < 4.78 is 26.4. The monoisotopic (exact) mass is 334 g/mol. The molecule has 0 radical (unpaired) electrons. The maximum absolute atomic E-state index is 12.0. The van der Waals surface area contributed by atoms with E-state index in [0.29, 0.717) is 6.54 Å². The first-order valence-electron chi connectivity index (χ1n) is 6.69. The molecule has 1 rings (SSSR count). The largest absolute Gasteiger partial charge is 0.389 e. The molecule has 0 aliphatic carbocycles. The van der Waals surface area contributed by atoms with E-state index in [1.54, 1.807) is 25.3 Å². The van der Waals surface area contributed by atoms with Crippen molar-refractivity contribution in [3.8, 4) is 0 Å². The van der Waals surface area contributed by atoms with Gasteiger partial charge in [0, 0.05) is 26.1 Å². The zero-order chi connectivity index (χ0) is 16.1.